The van der Waals surface area contributed by atoms with Gasteiger partial charge in [0.15, 0.2) is 11.5 Å². The van der Waals surface area contributed by atoms with Gasteiger partial charge in [0.1, 0.15) is 5.75 Å². The number of methoxy groups -OCH3 is 1. The van der Waals surface area contributed by atoms with Gasteiger partial charge in [-0.05, 0) is 61.9 Å². The van der Waals surface area contributed by atoms with Gasteiger partial charge in [-0.3, -0.25) is 4.79 Å². The number of carbonyl (C=O) groups excluding carboxylic acids is 1. The zero-order valence-electron chi connectivity index (χ0n) is 17.1. The summed E-state index contributed by atoms with van der Waals surface area (Å²) in [6.45, 7) is 5.24. The van der Waals surface area contributed by atoms with Gasteiger partial charge in [-0.25, -0.2) is 0 Å². The molecule has 0 saturated heterocycles. The molecule has 2 aromatic rings. The summed E-state index contributed by atoms with van der Waals surface area (Å²) in [5, 5.41) is 8.94. The van der Waals surface area contributed by atoms with Crippen LogP contribution in [0.25, 0.3) is 6.08 Å². The Morgan fingerprint density at radius 2 is 1.79 bits per heavy atom. The Hall–Kier alpha value is -3.46. The molecule has 0 atom stereocenters. The second-order valence-corrected chi connectivity index (χ2v) is 6.00. The summed E-state index contributed by atoms with van der Waals surface area (Å²) in [4.78, 5) is 14.4. The third-order valence-corrected chi connectivity index (χ3v) is 4.08. The van der Waals surface area contributed by atoms with Crippen molar-refractivity contribution in [3.05, 3.63) is 54.1 Å². The van der Waals surface area contributed by atoms with Gasteiger partial charge in [-0.2, -0.15) is 5.26 Å². The van der Waals surface area contributed by atoms with Gasteiger partial charge in [0, 0.05) is 18.3 Å². The van der Waals surface area contributed by atoms with Crippen LogP contribution in [0.2, 0.25) is 0 Å². The number of amides is 1. The van der Waals surface area contributed by atoms with E-state index in [-0.39, 0.29) is 12.3 Å². The van der Waals surface area contributed by atoms with Gasteiger partial charge in [-0.1, -0.05) is 6.07 Å². The van der Waals surface area contributed by atoms with Crippen LogP contribution in [0, 0.1) is 11.3 Å². The molecule has 1 amide bonds. The summed E-state index contributed by atoms with van der Waals surface area (Å²) in [7, 11) is 1.58. The van der Waals surface area contributed by atoms with E-state index in [1.165, 1.54) is 6.08 Å². The molecule has 0 unspecified atom stereocenters. The van der Waals surface area contributed by atoms with E-state index < -0.39 is 0 Å². The largest absolute Gasteiger partial charge is 0.494 e. The van der Waals surface area contributed by atoms with E-state index in [1.54, 1.807) is 18.1 Å². The number of benzene rings is 2. The Morgan fingerprint density at radius 3 is 2.41 bits per heavy atom. The minimum absolute atomic E-state index is 0.211. The topological polar surface area (TPSA) is 71.8 Å². The molecule has 2 aromatic carbocycles. The van der Waals surface area contributed by atoms with Crippen LogP contribution in [-0.2, 0) is 4.79 Å². The third kappa shape index (κ3) is 6.28. The van der Waals surface area contributed by atoms with Crippen molar-refractivity contribution in [1.29, 1.82) is 5.26 Å². The van der Waals surface area contributed by atoms with E-state index >= 15 is 0 Å². The lowest BCUT2D eigenvalue weighted by Crippen LogP contribution is -2.30. The zero-order chi connectivity index (χ0) is 21.1. The van der Waals surface area contributed by atoms with Crippen molar-refractivity contribution in [2.24, 2.45) is 0 Å². The SMILES string of the molecule is CCOc1ccc(N(CCC#N)C(=O)/C=C/c2ccc(OCC)c(OC)c2)cc1. The molecule has 6 nitrogen and oxygen atoms in total. The van der Waals surface area contributed by atoms with Crippen molar-refractivity contribution >= 4 is 17.7 Å². The predicted octanol–water partition coefficient (Wildman–Crippen LogP) is 4.45. The molecule has 0 fully saturated rings. The highest BCUT2D eigenvalue weighted by molar-refractivity contribution is 6.03. The Kier molecular flexibility index (Phi) is 8.58. The van der Waals surface area contributed by atoms with Crippen LogP contribution in [0.4, 0.5) is 5.69 Å². The van der Waals surface area contributed by atoms with E-state index in [2.05, 4.69) is 6.07 Å². The van der Waals surface area contributed by atoms with Crippen molar-refractivity contribution in [3.8, 4) is 23.3 Å². The lowest BCUT2D eigenvalue weighted by atomic mass is 10.1. The number of hydrogen-bond donors (Lipinski definition) is 0. The fourth-order valence-electron chi connectivity index (χ4n) is 2.74. The van der Waals surface area contributed by atoms with Crippen molar-refractivity contribution in [1.82, 2.24) is 0 Å². The van der Waals surface area contributed by atoms with Gasteiger partial charge in [0.05, 0.1) is 32.8 Å². The average Bonchev–Trinajstić information content (AvgIpc) is 2.74. The number of nitrogens with zero attached hydrogens (tertiary/aromatic N) is 2. The fraction of sp³-hybridized carbons (Fsp3) is 0.304. The average molecular weight is 394 g/mol. The van der Waals surface area contributed by atoms with E-state index in [4.69, 9.17) is 19.5 Å². The van der Waals surface area contributed by atoms with Crippen molar-refractivity contribution in [2.45, 2.75) is 20.3 Å². The third-order valence-electron chi connectivity index (χ3n) is 4.08. The second kappa shape index (κ2) is 11.4. The number of hydrogen-bond acceptors (Lipinski definition) is 5. The van der Waals surface area contributed by atoms with Crippen LogP contribution in [0.3, 0.4) is 0 Å². The van der Waals surface area contributed by atoms with Gasteiger partial charge < -0.3 is 19.1 Å². The van der Waals surface area contributed by atoms with Crippen LogP contribution in [0.1, 0.15) is 25.8 Å². The number of anilines is 1. The summed E-state index contributed by atoms with van der Waals surface area (Å²) >= 11 is 0. The molecule has 0 N–H and O–H groups in total. The molecule has 0 bridgehead atoms. The summed E-state index contributed by atoms with van der Waals surface area (Å²) in [5.74, 6) is 1.79. The van der Waals surface area contributed by atoms with Crippen LogP contribution in [0.5, 0.6) is 17.2 Å². The maximum Gasteiger partial charge on any atom is 0.251 e. The highest BCUT2D eigenvalue weighted by Gasteiger charge is 2.13. The summed E-state index contributed by atoms with van der Waals surface area (Å²) < 4.78 is 16.3. The molecule has 152 valence electrons. The van der Waals surface area contributed by atoms with Crippen LogP contribution < -0.4 is 19.1 Å². The van der Waals surface area contributed by atoms with E-state index in [0.29, 0.717) is 36.9 Å². The normalized spacial score (nSPS) is 10.4. The fourth-order valence-corrected chi connectivity index (χ4v) is 2.74. The maximum absolute atomic E-state index is 12.8. The Balaban J connectivity index is 2.19. The molecule has 0 aromatic heterocycles. The first-order valence-electron chi connectivity index (χ1n) is 9.53. The molecule has 0 saturated carbocycles. The van der Waals surface area contributed by atoms with Crippen molar-refractivity contribution in [3.63, 3.8) is 0 Å². The van der Waals surface area contributed by atoms with Gasteiger partial charge in [0.2, 0.25) is 0 Å². The van der Waals surface area contributed by atoms with Crippen molar-refractivity contribution in [2.75, 3.05) is 31.8 Å². The minimum Gasteiger partial charge on any atom is -0.494 e. The predicted molar refractivity (Wildman–Crippen MR) is 113 cm³/mol. The zero-order valence-corrected chi connectivity index (χ0v) is 17.1. The van der Waals surface area contributed by atoms with Gasteiger partial charge >= 0.3 is 0 Å². The lowest BCUT2D eigenvalue weighted by Gasteiger charge is -2.20. The maximum atomic E-state index is 12.8. The monoisotopic (exact) mass is 394 g/mol. The molecule has 29 heavy (non-hydrogen) atoms. The van der Waals surface area contributed by atoms with E-state index in [9.17, 15) is 4.79 Å². The van der Waals surface area contributed by atoms with E-state index in [1.807, 2.05) is 56.3 Å². The smallest absolute Gasteiger partial charge is 0.251 e. The van der Waals surface area contributed by atoms with Crippen molar-refractivity contribution < 1.29 is 19.0 Å². The molecule has 0 spiro atoms. The molecular formula is C23H26N2O4. The van der Waals surface area contributed by atoms with E-state index in [0.717, 1.165) is 11.3 Å². The summed E-state index contributed by atoms with van der Waals surface area (Å²) in [5.41, 5.74) is 1.52. The number of carbonyl (C=O) groups is 1. The highest BCUT2D eigenvalue weighted by Crippen LogP contribution is 2.28. The highest BCUT2D eigenvalue weighted by atomic mass is 16.5. The van der Waals surface area contributed by atoms with Crippen LogP contribution >= 0.6 is 0 Å². The number of nitriles is 1. The molecule has 0 aliphatic heterocycles. The Labute approximate surface area is 171 Å². The molecular weight excluding hydrogens is 368 g/mol. The first kappa shape index (κ1) is 21.8. The Morgan fingerprint density at radius 1 is 1.07 bits per heavy atom. The molecule has 6 heteroatoms. The summed E-state index contributed by atoms with van der Waals surface area (Å²) in [6, 6.07) is 14.8. The molecule has 0 heterocycles. The molecule has 2 rings (SSSR count). The number of ether oxygens (including phenoxy) is 3. The standard InChI is InChI=1S/C23H26N2O4/c1-4-28-20-11-9-19(10-12-20)25(16-6-15-24)23(26)14-8-18-7-13-21(29-5-2)22(17-18)27-3/h7-14,17H,4-6,16H2,1-3H3/b14-8+. The molecule has 0 aliphatic carbocycles. The van der Waals surface area contributed by atoms with Gasteiger partial charge in [0.25, 0.3) is 5.91 Å². The first-order valence-corrected chi connectivity index (χ1v) is 9.53. The summed E-state index contributed by atoms with van der Waals surface area (Å²) in [6.07, 6.45) is 3.45. The first-order chi connectivity index (χ1) is 14.1. The lowest BCUT2D eigenvalue weighted by molar-refractivity contribution is -0.114. The second-order valence-electron chi connectivity index (χ2n) is 6.00. The van der Waals surface area contributed by atoms with Crippen LogP contribution in [0.15, 0.2) is 48.5 Å². The molecule has 0 radical (unpaired) electrons. The quantitative estimate of drug-likeness (QED) is 0.557. The van der Waals surface area contributed by atoms with Crippen LogP contribution in [-0.4, -0.2) is 32.8 Å². The Bertz CT molecular complexity index is 869. The number of rotatable bonds is 10. The molecule has 0 aliphatic rings. The minimum atomic E-state index is -0.211. The van der Waals surface area contributed by atoms with Gasteiger partial charge in [-0.15, -0.1) is 0 Å².